The van der Waals surface area contributed by atoms with E-state index in [4.69, 9.17) is 5.11 Å². The van der Waals surface area contributed by atoms with Gasteiger partial charge in [0.05, 0.1) is 6.61 Å². The highest BCUT2D eigenvalue weighted by Crippen LogP contribution is 2.16. The number of likely N-dealkylation sites (N-methyl/N-ethyl adjacent to an activating group) is 1. The molecule has 0 aliphatic rings. The molecule has 0 unspecified atom stereocenters. The van der Waals surface area contributed by atoms with Crippen LogP contribution in [0.2, 0.25) is 0 Å². The Kier molecular flexibility index (Phi) is 4.97. The van der Waals surface area contributed by atoms with Gasteiger partial charge in [-0.1, -0.05) is 0 Å². The monoisotopic (exact) mass is 236 g/mol. The lowest BCUT2D eigenvalue weighted by Crippen LogP contribution is -2.30. The van der Waals surface area contributed by atoms with Crippen molar-refractivity contribution in [1.82, 2.24) is 4.90 Å². The maximum Gasteiger partial charge on any atom is 0.253 e. The highest BCUT2D eigenvalue weighted by molar-refractivity contribution is 5.95. The normalized spacial score (nSPS) is 10.1. The van der Waals surface area contributed by atoms with Gasteiger partial charge in [0.25, 0.3) is 5.91 Å². The van der Waals surface area contributed by atoms with Crippen LogP contribution in [0, 0.1) is 6.92 Å². The van der Waals surface area contributed by atoms with Gasteiger partial charge in [0, 0.05) is 31.4 Å². The van der Waals surface area contributed by atoms with Gasteiger partial charge in [-0.2, -0.15) is 0 Å². The average molecular weight is 236 g/mol. The molecule has 4 heteroatoms. The van der Waals surface area contributed by atoms with Crippen molar-refractivity contribution in [1.29, 1.82) is 0 Å². The van der Waals surface area contributed by atoms with Crippen LogP contribution in [0.4, 0.5) is 5.69 Å². The SMILES string of the molecule is CCNc1ccc(C(=O)N(C)CCO)c(C)c1. The van der Waals surface area contributed by atoms with Gasteiger partial charge in [-0.3, -0.25) is 4.79 Å². The van der Waals surface area contributed by atoms with Crippen molar-refractivity contribution in [2.75, 3.05) is 32.1 Å². The summed E-state index contributed by atoms with van der Waals surface area (Å²) in [5, 5.41) is 12.0. The summed E-state index contributed by atoms with van der Waals surface area (Å²) in [6, 6.07) is 5.68. The van der Waals surface area contributed by atoms with Gasteiger partial charge in [0.1, 0.15) is 0 Å². The number of hydrogen-bond acceptors (Lipinski definition) is 3. The van der Waals surface area contributed by atoms with Gasteiger partial charge in [-0.05, 0) is 37.6 Å². The maximum absolute atomic E-state index is 12.0. The first-order chi connectivity index (χ1) is 8.10. The molecule has 1 rings (SSSR count). The molecule has 0 heterocycles. The van der Waals surface area contributed by atoms with Crippen LogP contribution >= 0.6 is 0 Å². The molecule has 0 radical (unpaired) electrons. The molecule has 0 atom stereocenters. The first-order valence-electron chi connectivity index (χ1n) is 5.81. The van der Waals surface area contributed by atoms with Crippen LogP contribution in [0.3, 0.4) is 0 Å². The third kappa shape index (κ3) is 3.46. The molecule has 4 nitrogen and oxygen atoms in total. The van der Waals surface area contributed by atoms with E-state index in [1.54, 1.807) is 7.05 Å². The predicted molar refractivity (Wildman–Crippen MR) is 69.4 cm³/mol. The average Bonchev–Trinajstić information content (AvgIpc) is 2.29. The van der Waals surface area contributed by atoms with Crippen molar-refractivity contribution in [2.24, 2.45) is 0 Å². The van der Waals surface area contributed by atoms with Crippen molar-refractivity contribution in [3.63, 3.8) is 0 Å². The van der Waals surface area contributed by atoms with Crippen LogP contribution < -0.4 is 5.32 Å². The molecule has 0 bridgehead atoms. The van der Waals surface area contributed by atoms with Crippen LogP contribution in [0.1, 0.15) is 22.8 Å². The number of hydrogen-bond donors (Lipinski definition) is 2. The van der Waals surface area contributed by atoms with Gasteiger partial charge in [0.15, 0.2) is 0 Å². The molecule has 0 fully saturated rings. The van der Waals surface area contributed by atoms with Crippen LogP contribution in [0.25, 0.3) is 0 Å². The first-order valence-corrected chi connectivity index (χ1v) is 5.81. The van der Waals surface area contributed by atoms with Gasteiger partial charge >= 0.3 is 0 Å². The minimum atomic E-state index is -0.0559. The Morgan fingerprint density at radius 3 is 2.71 bits per heavy atom. The molecule has 0 spiro atoms. The molecule has 0 saturated heterocycles. The summed E-state index contributed by atoms with van der Waals surface area (Å²) in [6.45, 7) is 5.14. The number of amides is 1. The maximum atomic E-state index is 12.0. The molecular formula is C13H20N2O2. The lowest BCUT2D eigenvalue weighted by atomic mass is 10.1. The number of nitrogens with zero attached hydrogens (tertiary/aromatic N) is 1. The Hall–Kier alpha value is -1.55. The van der Waals surface area contributed by atoms with E-state index < -0.39 is 0 Å². The highest BCUT2D eigenvalue weighted by atomic mass is 16.3. The lowest BCUT2D eigenvalue weighted by molar-refractivity contribution is 0.0766. The van der Waals surface area contributed by atoms with Crippen molar-refractivity contribution < 1.29 is 9.90 Å². The fourth-order valence-electron chi connectivity index (χ4n) is 1.67. The van der Waals surface area contributed by atoms with E-state index in [-0.39, 0.29) is 12.5 Å². The highest BCUT2D eigenvalue weighted by Gasteiger charge is 2.13. The smallest absolute Gasteiger partial charge is 0.253 e. The Labute approximate surface area is 102 Å². The van der Waals surface area contributed by atoms with E-state index in [1.165, 1.54) is 4.90 Å². The quantitative estimate of drug-likeness (QED) is 0.814. The Morgan fingerprint density at radius 2 is 2.18 bits per heavy atom. The number of aryl methyl sites for hydroxylation is 1. The van der Waals surface area contributed by atoms with E-state index in [0.29, 0.717) is 12.1 Å². The zero-order chi connectivity index (χ0) is 12.8. The zero-order valence-electron chi connectivity index (χ0n) is 10.7. The molecule has 0 saturated carbocycles. The molecule has 94 valence electrons. The van der Waals surface area contributed by atoms with Crippen molar-refractivity contribution >= 4 is 11.6 Å². The van der Waals surface area contributed by atoms with Gasteiger partial charge in [-0.25, -0.2) is 0 Å². The van der Waals surface area contributed by atoms with Crippen molar-refractivity contribution in [2.45, 2.75) is 13.8 Å². The predicted octanol–water partition coefficient (Wildman–Crippen LogP) is 1.49. The molecule has 0 aromatic heterocycles. The minimum absolute atomic E-state index is 0.0171. The van der Waals surface area contributed by atoms with E-state index in [9.17, 15) is 4.79 Å². The van der Waals surface area contributed by atoms with Crippen LogP contribution in [0.5, 0.6) is 0 Å². The number of anilines is 1. The third-order valence-corrected chi connectivity index (χ3v) is 2.62. The second kappa shape index (κ2) is 6.25. The summed E-state index contributed by atoms with van der Waals surface area (Å²) in [5.74, 6) is -0.0559. The van der Waals surface area contributed by atoms with Crippen molar-refractivity contribution in [3.05, 3.63) is 29.3 Å². The van der Waals surface area contributed by atoms with Gasteiger partial charge < -0.3 is 15.3 Å². The van der Waals surface area contributed by atoms with E-state index >= 15 is 0 Å². The third-order valence-electron chi connectivity index (χ3n) is 2.62. The zero-order valence-corrected chi connectivity index (χ0v) is 10.7. The molecule has 0 aliphatic carbocycles. The summed E-state index contributed by atoms with van der Waals surface area (Å²) in [5.41, 5.74) is 2.65. The van der Waals surface area contributed by atoms with E-state index in [1.807, 2.05) is 32.0 Å². The van der Waals surface area contributed by atoms with Crippen LogP contribution in [-0.4, -0.2) is 42.7 Å². The number of carbonyl (C=O) groups excluding carboxylic acids is 1. The lowest BCUT2D eigenvalue weighted by Gasteiger charge is -2.17. The number of carbonyl (C=O) groups is 1. The minimum Gasteiger partial charge on any atom is -0.395 e. The molecule has 1 aromatic rings. The van der Waals surface area contributed by atoms with Gasteiger partial charge in [0.2, 0.25) is 0 Å². The topological polar surface area (TPSA) is 52.6 Å². The second-order valence-corrected chi connectivity index (χ2v) is 4.01. The summed E-state index contributed by atoms with van der Waals surface area (Å²) in [4.78, 5) is 13.5. The fraction of sp³-hybridized carbons (Fsp3) is 0.462. The summed E-state index contributed by atoms with van der Waals surface area (Å²) < 4.78 is 0. The van der Waals surface area contributed by atoms with Crippen LogP contribution in [0.15, 0.2) is 18.2 Å². The van der Waals surface area contributed by atoms with Crippen molar-refractivity contribution in [3.8, 4) is 0 Å². The number of nitrogens with one attached hydrogen (secondary N) is 1. The largest absolute Gasteiger partial charge is 0.395 e. The molecule has 0 aliphatic heterocycles. The molecule has 17 heavy (non-hydrogen) atoms. The fourth-order valence-corrected chi connectivity index (χ4v) is 1.67. The number of aliphatic hydroxyl groups is 1. The molecule has 1 amide bonds. The van der Waals surface area contributed by atoms with Crippen LogP contribution in [-0.2, 0) is 0 Å². The van der Waals surface area contributed by atoms with E-state index in [0.717, 1.165) is 17.8 Å². The summed E-state index contributed by atoms with van der Waals surface area (Å²) >= 11 is 0. The molecule has 2 N–H and O–H groups in total. The summed E-state index contributed by atoms with van der Waals surface area (Å²) in [7, 11) is 1.69. The standard InChI is InChI=1S/C13H20N2O2/c1-4-14-11-5-6-12(10(2)9-11)13(17)15(3)7-8-16/h5-6,9,14,16H,4,7-8H2,1-3H3. The van der Waals surface area contributed by atoms with E-state index in [2.05, 4.69) is 5.32 Å². The number of rotatable bonds is 5. The Balaban J connectivity index is 2.88. The number of benzene rings is 1. The Bertz CT molecular complexity index is 391. The molecular weight excluding hydrogens is 216 g/mol. The first kappa shape index (κ1) is 13.5. The Morgan fingerprint density at radius 1 is 1.47 bits per heavy atom. The summed E-state index contributed by atoms with van der Waals surface area (Å²) in [6.07, 6.45) is 0. The number of aliphatic hydroxyl groups excluding tert-OH is 1. The second-order valence-electron chi connectivity index (χ2n) is 4.01. The van der Waals surface area contributed by atoms with Gasteiger partial charge in [-0.15, -0.1) is 0 Å². The molecule has 1 aromatic carbocycles.